The van der Waals surface area contributed by atoms with Crippen LogP contribution in [0.15, 0.2) is 41.3 Å². The second kappa shape index (κ2) is 8.80. The van der Waals surface area contributed by atoms with E-state index in [0.717, 1.165) is 17.0 Å². The Balaban J connectivity index is 1.69. The summed E-state index contributed by atoms with van der Waals surface area (Å²) in [6, 6.07) is 7.07. The fourth-order valence-electron chi connectivity index (χ4n) is 2.65. The van der Waals surface area contributed by atoms with Crippen molar-refractivity contribution in [1.82, 2.24) is 0 Å². The molecular formula is C20H16ClF3N2O4S. The van der Waals surface area contributed by atoms with E-state index >= 15 is 0 Å². The largest absolute Gasteiger partial charge is 0.449 e. The van der Waals surface area contributed by atoms with Gasteiger partial charge in [-0.05, 0) is 50.2 Å². The topological polar surface area (TPSA) is 84.5 Å². The molecule has 0 aromatic heterocycles. The zero-order valence-electron chi connectivity index (χ0n) is 16.2. The first-order valence-electron chi connectivity index (χ1n) is 8.96. The number of fused-ring (bicyclic) bond motifs is 1. The molecule has 2 aromatic carbocycles. The number of ether oxygens (including phenoxy) is 1. The minimum Gasteiger partial charge on any atom is -0.449 e. The van der Waals surface area contributed by atoms with Gasteiger partial charge in [-0.15, -0.1) is 11.8 Å². The van der Waals surface area contributed by atoms with Crippen molar-refractivity contribution in [1.29, 1.82) is 0 Å². The Hall–Kier alpha value is -2.72. The maximum absolute atomic E-state index is 12.9. The van der Waals surface area contributed by atoms with Crippen LogP contribution in [-0.2, 0) is 20.5 Å². The molecule has 1 heterocycles. The van der Waals surface area contributed by atoms with Gasteiger partial charge in [-0.1, -0.05) is 11.6 Å². The van der Waals surface area contributed by atoms with Crippen LogP contribution in [0.3, 0.4) is 0 Å². The van der Waals surface area contributed by atoms with E-state index in [4.69, 9.17) is 16.3 Å². The predicted molar refractivity (Wildman–Crippen MR) is 110 cm³/mol. The van der Waals surface area contributed by atoms with E-state index in [-0.39, 0.29) is 27.4 Å². The highest BCUT2D eigenvalue weighted by Crippen LogP contribution is 2.36. The number of halogens is 4. The van der Waals surface area contributed by atoms with Gasteiger partial charge in [0, 0.05) is 4.90 Å². The summed E-state index contributed by atoms with van der Waals surface area (Å²) in [5.41, 5.74) is -0.687. The van der Waals surface area contributed by atoms with Crippen LogP contribution >= 0.6 is 23.4 Å². The molecule has 0 aliphatic carbocycles. The van der Waals surface area contributed by atoms with Crippen LogP contribution in [-0.4, -0.2) is 29.1 Å². The van der Waals surface area contributed by atoms with Crippen LogP contribution in [0.25, 0.3) is 0 Å². The molecule has 2 N–H and O–H groups in total. The van der Waals surface area contributed by atoms with Crippen molar-refractivity contribution in [2.24, 2.45) is 0 Å². The number of hydrogen-bond acceptors (Lipinski definition) is 5. The molecule has 2 amide bonds. The molecule has 0 unspecified atom stereocenters. The Labute approximate surface area is 184 Å². The molecule has 0 fully saturated rings. The quantitative estimate of drug-likeness (QED) is 0.613. The number of anilines is 2. The van der Waals surface area contributed by atoms with Crippen LogP contribution in [0.1, 0.15) is 29.8 Å². The monoisotopic (exact) mass is 472 g/mol. The van der Waals surface area contributed by atoms with Crippen molar-refractivity contribution >= 4 is 52.5 Å². The molecule has 2 atom stereocenters. The summed E-state index contributed by atoms with van der Waals surface area (Å²) in [7, 11) is 0. The number of thioether (sulfide) groups is 1. The molecule has 2 aromatic rings. The molecule has 1 aliphatic rings. The van der Waals surface area contributed by atoms with Crippen molar-refractivity contribution in [2.45, 2.75) is 36.3 Å². The lowest BCUT2D eigenvalue weighted by atomic mass is 10.2. The highest BCUT2D eigenvalue weighted by Gasteiger charge is 2.31. The molecule has 31 heavy (non-hydrogen) atoms. The SMILES string of the molecule is C[C@H](OC(=O)c1ccc2c(c1)NC(=O)[C@@H](C)S2)C(=O)Nc1cc(C(F)(F)F)ccc1Cl. The fourth-order valence-corrected chi connectivity index (χ4v) is 3.74. The number of esters is 1. The summed E-state index contributed by atoms with van der Waals surface area (Å²) in [6.07, 6.45) is -5.93. The van der Waals surface area contributed by atoms with Crippen LogP contribution in [0, 0.1) is 0 Å². The zero-order valence-corrected chi connectivity index (χ0v) is 17.7. The number of rotatable bonds is 4. The summed E-state index contributed by atoms with van der Waals surface area (Å²) < 4.78 is 43.7. The molecule has 164 valence electrons. The van der Waals surface area contributed by atoms with Crippen molar-refractivity contribution < 1.29 is 32.3 Å². The second-order valence-corrected chi connectivity index (χ2v) is 8.48. The van der Waals surface area contributed by atoms with Gasteiger partial charge in [0.25, 0.3) is 5.91 Å². The minimum atomic E-state index is -4.61. The van der Waals surface area contributed by atoms with E-state index in [2.05, 4.69) is 10.6 Å². The van der Waals surface area contributed by atoms with E-state index < -0.39 is 29.7 Å². The number of hydrogen-bond donors (Lipinski definition) is 2. The van der Waals surface area contributed by atoms with Gasteiger partial charge in [0.1, 0.15) is 0 Å². The second-order valence-electron chi connectivity index (χ2n) is 6.69. The molecule has 0 saturated carbocycles. The van der Waals surface area contributed by atoms with E-state index in [1.807, 2.05) is 0 Å². The smallest absolute Gasteiger partial charge is 0.416 e. The summed E-state index contributed by atoms with van der Waals surface area (Å²) in [5.74, 6) is -1.89. The van der Waals surface area contributed by atoms with E-state index in [1.54, 1.807) is 13.0 Å². The molecule has 0 radical (unpaired) electrons. The Morgan fingerprint density at radius 1 is 1.23 bits per heavy atom. The van der Waals surface area contributed by atoms with Crippen LogP contribution in [0.2, 0.25) is 5.02 Å². The van der Waals surface area contributed by atoms with Gasteiger partial charge in [-0.3, -0.25) is 9.59 Å². The average molecular weight is 473 g/mol. The van der Waals surface area contributed by atoms with Gasteiger partial charge < -0.3 is 15.4 Å². The van der Waals surface area contributed by atoms with Crippen molar-refractivity contribution in [3.63, 3.8) is 0 Å². The normalized spacial score (nSPS) is 16.7. The highest BCUT2D eigenvalue weighted by atomic mass is 35.5. The first kappa shape index (κ1) is 23.0. The number of benzene rings is 2. The molecular weight excluding hydrogens is 457 g/mol. The lowest BCUT2D eigenvalue weighted by molar-refractivity contribution is -0.137. The summed E-state index contributed by atoms with van der Waals surface area (Å²) in [6.45, 7) is 3.02. The average Bonchev–Trinajstić information content (AvgIpc) is 2.69. The Bertz CT molecular complexity index is 1060. The molecule has 0 spiro atoms. The third-order valence-electron chi connectivity index (χ3n) is 4.35. The van der Waals surface area contributed by atoms with Crippen LogP contribution in [0.5, 0.6) is 0 Å². The van der Waals surface area contributed by atoms with E-state index in [9.17, 15) is 27.6 Å². The third kappa shape index (κ3) is 5.31. The Morgan fingerprint density at radius 2 is 1.94 bits per heavy atom. The van der Waals surface area contributed by atoms with Gasteiger partial charge in [0.05, 0.1) is 32.8 Å². The Morgan fingerprint density at radius 3 is 2.61 bits per heavy atom. The van der Waals surface area contributed by atoms with Crippen LogP contribution in [0.4, 0.5) is 24.5 Å². The summed E-state index contributed by atoms with van der Waals surface area (Å²) in [5, 5.41) is 4.55. The molecule has 11 heteroatoms. The van der Waals surface area contributed by atoms with Gasteiger partial charge in [0.15, 0.2) is 6.10 Å². The molecule has 6 nitrogen and oxygen atoms in total. The maximum atomic E-state index is 12.9. The minimum absolute atomic E-state index is 0.1000. The standard InChI is InChI=1S/C20H16ClF3N2O4S/c1-9(17(27)25-14-8-12(20(22,23)24)4-5-13(14)21)30-19(29)11-3-6-16-15(7-11)26-18(28)10(2)31-16/h3-10H,1-2H3,(H,25,27)(H,26,28)/t9-,10+/m0/s1. The van der Waals surface area contributed by atoms with Gasteiger partial charge in [0.2, 0.25) is 5.91 Å². The molecule has 0 bridgehead atoms. The number of nitrogens with one attached hydrogen (secondary N) is 2. The fraction of sp³-hybridized carbons (Fsp3) is 0.250. The molecule has 3 rings (SSSR count). The number of amides is 2. The predicted octanol–water partition coefficient (Wildman–Crippen LogP) is 4.98. The summed E-state index contributed by atoms with van der Waals surface area (Å²) >= 11 is 7.20. The van der Waals surface area contributed by atoms with Gasteiger partial charge >= 0.3 is 12.1 Å². The maximum Gasteiger partial charge on any atom is 0.416 e. The lowest BCUT2D eigenvalue weighted by Gasteiger charge is -2.22. The van der Waals surface area contributed by atoms with Gasteiger partial charge in [-0.2, -0.15) is 13.2 Å². The first-order chi connectivity index (χ1) is 14.5. The number of carbonyl (C=O) groups excluding carboxylic acids is 3. The van der Waals surface area contributed by atoms with Gasteiger partial charge in [-0.25, -0.2) is 4.79 Å². The summed E-state index contributed by atoms with van der Waals surface area (Å²) in [4.78, 5) is 37.3. The van der Waals surface area contributed by atoms with Crippen molar-refractivity contribution in [3.8, 4) is 0 Å². The van der Waals surface area contributed by atoms with Crippen molar-refractivity contribution in [3.05, 3.63) is 52.5 Å². The Kier molecular flexibility index (Phi) is 6.51. The number of alkyl halides is 3. The van der Waals surface area contributed by atoms with E-state index in [0.29, 0.717) is 11.8 Å². The molecule has 1 aliphatic heterocycles. The van der Waals surface area contributed by atoms with Crippen molar-refractivity contribution in [2.75, 3.05) is 10.6 Å². The number of carbonyl (C=O) groups is 3. The molecule has 0 saturated heterocycles. The van der Waals surface area contributed by atoms with Crippen LogP contribution < -0.4 is 10.6 Å². The zero-order chi connectivity index (χ0) is 22.9. The first-order valence-corrected chi connectivity index (χ1v) is 10.2. The van der Waals surface area contributed by atoms with E-state index in [1.165, 1.54) is 30.8 Å². The lowest BCUT2D eigenvalue weighted by Crippen LogP contribution is -2.30. The third-order valence-corrected chi connectivity index (χ3v) is 5.86. The highest BCUT2D eigenvalue weighted by molar-refractivity contribution is 8.00.